The van der Waals surface area contributed by atoms with Gasteiger partial charge in [-0.05, 0) is 25.9 Å². The Bertz CT molecular complexity index is 191. The number of allylic oxidation sites excluding steroid dienone is 3. The quantitative estimate of drug-likeness (QED) is 0.621. The third kappa shape index (κ3) is 2.82. The van der Waals surface area contributed by atoms with E-state index in [0.29, 0.717) is 0 Å². The van der Waals surface area contributed by atoms with Gasteiger partial charge in [0, 0.05) is 6.54 Å². The van der Waals surface area contributed by atoms with E-state index in [2.05, 4.69) is 44.0 Å². The van der Waals surface area contributed by atoms with Crippen molar-refractivity contribution in [2.45, 2.75) is 20.3 Å². The Morgan fingerprint density at radius 2 is 2.33 bits per heavy atom. The van der Waals surface area contributed by atoms with Crippen LogP contribution in [-0.4, -0.2) is 25.0 Å². The zero-order valence-corrected chi connectivity index (χ0v) is 8.38. The summed E-state index contributed by atoms with van der Waals surface area (Å²) in [4.78, 5) is 2.34. The van der Waals surface area contributed by atoms with Gasteiger partial charge >= 0.3 is 0 Å². The first-order chi connectivity index (χ1) is 5.72. The fourth-order valence-corrected chi connectivity index (χ4v) is 1.51. The third-order valence-corrected chi connectivity index (χ3v) is 2.37. The predicted molar refractivity (Wildman–Crippen MR) is 54.2 cm³/mol. The third-order valence-electron chi connectivity index (χ3n) is 2.37. The van der Waals surface area contributed by atoms with Gasteiger partial charge < -0.3 is 4.90 Å². The average Bonchev–Trinajstić information content (AvgIpc) is 2.04. The summed E-state index contributed by atoms with van der Waals surface area (Å²) < 4.78 is 0. The van der Waals surface area contributed by atoms with Crippen molar-refractivity contribution in [3.63, 3.8) is 0 Å². The second kappa shape index (κ2) is 4.46. The van der Waals surface area contributed by atoms with Crippen molar-refractivity contribution in [1.29, 1.82) is 0 Å². The van der Waals surface area contributed by atoms with Crippen LogP contribution in [0.3, 0.4) is 0 Å². The van der Waals surface area contributed by atoms with Crippen LogP contribution in [0.15, 0.2) is 23.8 Å². The normalized spacial score (nSPS) is 23.0. The largest absolute Gasteiger partial charge is 0.303 e. The summed E-state index contributed by atoms with van der Waals surface area (Å²) in [5.74, 6) is 0.732. The lowest BCUT2D eigenvalue weighted by atomic mass is 9.96. The Balaban J connectivity index is 2.42. The van der Waals surface area contributed by atoms with E-state index < -0.39 is 0 Å². The van der Waals surface area contributed by atoms with E-state index in [1.807, 2.05) is 0 Å². The lowest BCUT2D eigenvalue weighted by Crippen LogP contribution is -2.21. The number of hydrogen-bond donors (Lipinski definition) is 0. The van der Waals surface area contributed by atoms with E-state index in [1.54, 1.807) is 5.57 Å². The maximum absolute atomic E-state index is 2.34. The van der Waals surface area contributed by atoms with Gasteiger partial charge in [-0.15, -0.1) is 0 Å². The van der Waals surface area contributed by atoms with Gasteiger partial charge in [-0.2, -0.15) is 0 Å². The number of rotatable bonds is 3. The number of hydrogen-bond acceptors (Lipinski definition) is 1. The number of nitrogens with zero attached hydrogens (tertiary/aromatic N) is 1. The molecular formula is C11H19N. The van der Waals surface area contributed by atoms with E-state index in [-0.39, 0.29) is 0 Å². The first-order valence-corrected chi connectivity index (χ1v) is 4.77. The number of likely N-dealkylation sites (N-methyl/N-ethyl adjacent to an activating group) is 1. The van der Waals surface area contributed by atoms with Crippen LogP contribution in [0.1, 0.15) is 20.3 Å². The molecule has 0 spiro atoms. The van der Waals surface area contributed by atoms with Crippen molar-refractivity contribution in [2.75, 3.05) is 20.1 Å². The maximum Gasteiger partial charge on any atom is 0.0193 e. The highest BCUT2D eigenvalue weighted by Gasteiger charge is 2.07. The van der Waals surface area contributed by atoms with Gasteiger partial charge in [-0.3, -0.25) is 0 Å². The fourth-order valence-electron chi connectivity index (χ4n) is 1.51. The van der Waals surface area contributed by atoms with E-state index in [4.69, 9.17) is 0 Å². The average molecular weight is 165 g/mol. The standard InChI is InChI=1S/C11H19N/c1-4-12(3)9-11-7-5-6-10(2)8-11/h5-7,10H,4,8-9H2,1-3H3. The Hall–Kier alpha value is -0.560. The molecule has 0 aliphatic heterocycles. The molecule has 0 saturated carbocycles. The molecule has 0 radical (unpaired) electrons. The highest BCUT2D eigenvalue weighted by atomic mass is 15.1. The molecule has 0 aromatic rings. The van der Waals surface area contributed by atoms with E-state index in [9.17, 15) is 0 Å². The van der Waals surface area contributed by atoms with Crippen molar-refractivity contribution in [1.82, 2.24) is 4.90 Å². The molecule has 1 atom stereocenters. The van der Waals surface area contributed by atoms with Gasteiger partial charge in [0.15, 0.2) is 0 Å². The van der Waals surface area contributed by atoms with Gasteiger partial charge in [-0.1, -0.05) is 37.6 Å². The molecule has 12 heavy (non-hydrogen) atoms. The van der Waals surface area contributed by atoms with Gasteiger partial charge in [0.1, 0.15) is 0 Å². The Labute approximate surface area is 75.8 Å². The molecule has 1 nitrogen and oxygen atoms in total. The van der Waals surface area contributed by atoms with Crippen LogP contribution in [0.2, 0.25) is 0 Å². The van der Waals surface area contributed by atoms with Gasteiger partial charge in [0.05, 0.1) is 0 Å². The predicted octanol–water partition coefficient (Wildman–Crippen LogP) is 2.46. The molecule has 0 aromatic carbocycles. The lowest BCUT2D eigenvalue weighted by molar-refractivity contribution is 0.375. The lowest BCUT2D eigenvalue weighted by Gasteiger charge is -2.20. The van der Waals surface area contributed by atoms with Crippen molar-refractivity contribution in [3.05, 3.63) is 23.8 Å². The zero-order chi connectivity index (χ0) is 8.97. The Kier molecular flexibility index (Phi) is 3.54. The van der Waals surface area contributed by atoms with E-state index in [0.717, 1.165) is 19.0 Å². The maximum atomic E-state index is 2.34. The second-order valence-corrected chi connectivity index (χ2v) is 3.72. The SMILES string of the molecule is CCN(C)CC1=CC=CC(C)C1. The van der Waals surface area contributed by atoms with Gasteiger partial charge in [0.25, 0.3) is 0 Å². The highest BCUT2D eigenvalue weighted by Crippen LogP contribution is 2.18. The summed E-state index contributed by atoms with van der Waals surface area (Å²) in [5, 5.41) is 0. The molecule has 1 rings (SSSR count). The molecule has 0 N–H and O–H groups in total. The van der Waals surface area contributed by atoms with Crippen LogP contribution in [0.5, 0.6) is 0 Å². The zero-order valence-electron chi connectivity index (χ0n) is 8.38. The molecule has 1 unspecified atom stereocenters. The molecular weight excluding hydrogens is 146 g/mol. The first-order valence-electron chi connectivity index (χ1n) is 4.77. The molecule has 0 fully saturated rings. The van der Waals surface area contributed by atoms with Crippen LogP contribution >= 0.6 is 0 Å². The highest BCUT2D eigenvalue weighted by molar-refractivity contribution is 5.20. The molecule has 1 aliphatic carbocycles. The summed E-state index contributed by atoms with van der Waals surface area (Å²) in [6.07, 6.45) is 7.95. The summed E-state index contributed by atoms with van der Waals surface area (Å²) in [7, 11) is 2.17. The van der Waals surface area contributed by atoms with Crippen LogP contribution < -0.4 is 0 Å². The van der Waals surface area contributed by atoms with Crippen LogP contribution in [-0.2, 0) is 0 Å². The van der Waals surface area contributed by atoms with E-state index in [1.165, 1.54) is 6.42 Å². The van der Waals surface area contributed by atoms with E-state index >= 15 is 0 Å². The summed E-state index contributed by atoms with van der Waals surface area (Å²) in [6, 6.07) is 0. The van der Waals surface area contributed by atoms with Crippen LogP contribution in [0.4, 0.5) is 0 Å². The topological polar surface area (TPSA) is 3.24 Å². The summed E-state index contributed by atoms with van der Waals surface area (Å²) >= 11 is 0. The van der Waals surface area contributed by atoms with Crippen molar-refractivity contribution in [2.24, 2.45) is 5.92 Å². The minimum absolute atomic E-state index is 0.732. The molecule has 1 heteroatoms. The monoisotopic (exact) mass is 165 g/mol. The minimum atomic E-state index is 0.732. The molecule has 1 aliphatic rings. The molecule has 0 aromatic heterocycles. The molecule has 68 valence electrons. The van der Waals surface area contributed by atoms with Gasteiger partial charge in [-0.25, -0.2) is 0 Å². The minimum Gasteiger partial charge on any atom is -0.303 e. The molecule has 0 heterocycles. The van der Waals surface area contributed by atoms with Gasteiger partial charge in [0.2, 0.25) is 0 Å². The Morgan fingerprint density at radius 3 is 2.92 bits per heavy atom. The van der Waals surface area contributed by atoms with Crippen LogP contribution in [0, 0.1) is 5.92 Å². The first kappa shape index (κ1) is 9.53. The molecule has 0 bridgehead atoms. The molecule has 0 saturated heterocycles. The Morgan fingerprint density at radius 1 is 1.58 bits per heavy atom. The fraction of sp³-hybridized carbons (Fsp3) is 0.636. The van der Waals surface area contributed by atoms with Crippen molar-refractivity contribution in [3.8, 4) is 0 Å². The van der Waals surface area contributed by atoms with Crippen LogP contribution in [0.25, 0.3) is 0 Å². The summed E-state index contributed by atoms with van der Waals surface area (Å²) in [6.45, 7) is 6.73. The summed E-state index contributed by atoms with van der Waals surface area (Å²) in [5.41, 5.74) is 1.56. The smallest absolute Gasteiger partial charge is 0.0193 e. The molecule has 0 amide bonds. The second-order valence-electron chi connectivity index (χ2n) is 3.72. The van der Waals surface area contributed by atoms with Crippen molar-refractivity contribution >= 4 is 0 Å². The van der Waals surface area contributed by atoms with Crippen molar-refractivity contribution < 1.29 is 0 Å².